The third-order valence-electron chi connectivity index (χ3n) is 3.29. The van der Waals surface area contributed by atoms with Crippen molar-refractivity contribution in [3.63, 3.8) is 0 Å². The van der Waals surface area contributed by atoms with Crippen molar-refractivity contribution in [2.45, 2.75) is 23.6 Å². The fraction of sp³-hybridized carbons (Fsp3) is 0.250. The minimum Gasteiger partial charge on any atom is -0.224 e. The molecule has 1 unspecified atom stereocenters. The Bertz CT molecular complexity index is 736. The van der Waals surface area contributed by atoms with Crippen LogP contribution in [0.3, 0.4) is 0 Å². The average Bonchev–Trinajstić information content (AvgIpc) is 2.40. The summed E-state index contributed by atoms with van der Waals surface area (Å²) in [6, 6.07) is 13.4. The molecule has 20 heavy (non-hydrogen) atoms. The molecule has 0 aliphatic rings. The average molecular weight is 353 g/mol. The molecule has 2 aromatic carbocycles. The van der Waals surface area contributed by atoms with Crippen molar-refractivity contribution in [3.05, 3.63) is 64.7 Å². The van der Waals surface area contributed by atoms with E-state index < -0.39 is 9.84 Å². The van der Waals surface area contributed by atoms with Gasteiger partial charge in [0.2, 0.25) is 0 Å². The van der Waals surface area contributed by atoms with Gasteiger partial charge in [0.25, 0.3) is 0 Å². The number of sulfone groups is 1. The predicted octanol–water partition coefficient (Wildman–Crippen LogP) is 4.19. The number of halogens is 1. The lowest BCUT2D eigenvalue weighted by atomic mass is 9.98. The summed E-state index contributed by atoms with van der Waals surface area (Å²) in [5.74, 6) is 0. The van der Waals surface area contributed by atoms with Gasteiger partial charge in [-0.3, -0.25) is 0 Å². The van der Waals surface area contributed by atoms with Crippen LogP contribution < -0.4 is 0 Å². The Morgan fingerprint density at radius 1 is 1.05 bits per heavy atom. The molecule has 106 valence electrons. The topological polar surface area (TPSA) is 34.1 Å². The fourth-order valence-corrected chi connectivity index (χ4v) is 3.57. The van der Waals surface area contributed by atoms with E-state index in [2.05, 4.69) is 48.0 Å². The first kappa shape index (κ1) is 15.3. The van der Waals surface area contributed by atoms with Crippen molar-refractivity contribution in [1.82, 2.24) is 0 Å². The summed E-state index contributed by atoms with van der Waals surface area (Å²) < 4.78 is 23.3. The summed E-state index contributed by atoms with van der Waals surface area (Å²) in [7, 11) is -3.18. The number of aryl methyl sites for hydroxylation is 2. The Kier molecular flexibility index (Phi) is 4.35. The molecule has 0 aromatic heterocycles. The Morgan fingerprint density at radius 2 is 1.75 bits per heavy atom. The van der Waals surface area contributed by atoms with Crippen LogP contribution in [0, 0.1) is 13.8 Å². The molecule has 0 amide bonds. The van der Waals surface area contributed by atoms with Gasteiger partial charge >= 0.3 is 0 Å². The summed E-state index contributed by atoms with van der Waals surface area (Å²) in [6.07, 6.45) is 1.23. The van der Waals surface area contributed by atoms with E-state index in [1.165, 1.54) is 17.4 Å². The maximum atomic E-state index is 11.6. The van der Waals surface area contributed by atoms with Crippen molar-refractivity contribution >= 4 is 25.8 Å². The van der Waals surface area contributed by atoms with Gasteiger partial charge < -0.3 is 0 Å². The summed E-state index contributed by atoms with van der Waals surface area (Å²) in [5.41, 5.74) is 4.48. The smallest absolute Gasteiger partial charge is 0.175 e. The van der Waals surface area contributed by atoms with Gasteiger partial charge in [-0.15, -0.1) is 0 Å². The molecule has 0 aliphatic heterocycles. The van der Waals surface area contributed by atoms with E-state index in [-0.39, 0.29) is 4.83 Å². The van der Waals surface area contributed by atoms with Crippen LogP contribution >= 0.6 is 15.9 Å². The first-order chi connectivity index (χ1) is 9.29. The van der Waals surface area contributed by atoms with Gasteiger partial charge in [-0.2, -0.15) is 0 Å². The molecular weight excluding hydrogens is 336 g/mol. The monoisotopic (exact) mass is 352 g/mol. The molecule has 0 saturated carbocycles. The Balaban J connectivity index is 2.48. The van der Waals surface area contributed by atoms with E-state index in [1.807, 2.05) is 6.07 Å². The maximum Gasteiger partial charge on any atom is 0.175 e. The lowest BCUT2D eigenvalue weighted by molar-refractivity contribution is 0.602. The predicted molar refractivity (Wildman–Crippen MR) is 86.2 cm³/mol. The highest BCUT2D eigenvalue weighted by Crippen LogP contribution is 2.34. The summed E-state index contributed by atoms with van der Waals surface area (Å²) in [6.45, 7) is 4.11. The van der Waals surface area contributed by atoms with Crippen molar-refractivity contribution in [2.75, 3.05) is 6.26 Å². The van der Waals surface area contributed by atoms with Gasteiger partial charge in [-0.25, -0.2) is 8.42 Å². The summed E-state index contributed by atoms with van der Waals surface area (Å²) in [4.78, 5) is 0.342. The van der Waals surface area contributed by atoms with E-state index in [1.54, 1.807) is 18.2 Å². The summed E-state index contributed by atoms with van der Waals surface area (Å²) >= 11 is 3.69. The normalized spacial score (nSPS) is 13.2. The van der Waals surface area contributed by atoms with Crippen molar-refractivity contribution in [2.24, 2.45) is 0 Å². The zero-order chi connectivity index (χ0) is 14.9. The highest BCUT2D eigenvalue weighted by Gasteiger charge is 2.15. The minimum atomic E-state index is -3.18. The molecular formula is C16H17BrO2S. The number of hydrogen-bond acceptors (Lipinski definition) is 2. The molecule has 2 rings (SSSR count). The van der Waals surface area contributed by atoms with Gasteiger partial charge in [0.05, 0.1) is 9.72 Å². The molecule has 0 aliphatic carbocycles. The second-order valence-electron chi connectivity index (χ2n) is 5.07. The van der Waals surface area contributed by atoms with Crippen LogP contribution in [-0.2, 0) is 9.84 Å². The molecule has 0 saturated heterocycles. The number of hydrogen-bond donors (Lipinski definition) is 0. The lowest BCUT2D eigenvalue weighted by Gasteiger charge is -2.15. The molecule has 0 spiro atoms. The Labute approximate surface area is 128 Å². The van der Waals surface area contributed by atoms with Crippen LogP contribution in [0.2, 0.25) is 0 Å². The molecule has 2 aromatic rings. The zero-order valence-corrected chi connectivity index (χ0v) is 14.1. The first-order valence-electron chi connectivity index (χ1n) is 6.30. The largest absolute Gasteiger partial charge is 0.224 e. The highest BCUT2D eigenvalue weighted by molar-refractivity contribution is 9.09. The van der Waals surface area contributed by atoms with Crippen molar-refractivity contribution < 1.29 is 8.42 Å². The van der Waals surface area contributed by atoms with Crippen LogP contribution in [-0.4, -0.2) is 14.7 Å². The standard InChI is InChI=1S/C16H17BrO2S/c1-11-7-8-12(2)15(9-11)16(17)13-5-4-6-14(10-13)20(3,18)19/h4-10,16H,1-3H3. The minimum absolute atomic E-state index is 0.0101. The van der Waals surface area contributed by atoms with Gasteiger partial charge in [0.15, 0.2) is 9.84 Å². The van der Waals surface area contributed by atoms with Crippen LogP contribution in [0.25, 0.3) is 0 Å². The number of rotatable bonds is 3. The molecule has 0 bridgehead atoms. The van der Waals surface area contributed by atoms with Gasteiger partial charge in [0.1, 0.15) is 0 Å². The SMILES string of the molecule is Cc1ccc(C)c(C(Br)c2cccc(S(C)(=O)=O)c2)c1. The van der Waals surface area contributed by atoms with E-state index in [0.29, 0.717) is 4.90 Å². The molecule has 2 nitrogen and oxygen atoms in total. The van der Waals surface area contributed by atoms with Crippen LogP contribution in [0.1, 0.15) is 27.1 Å². The lowest BCUT2D eigenvalue weighted by Crippen LogP contribution is -2.01. The van der Waals surface area contributed by atoms with Gasteiger partial charge in [-0.05, 0) is 42.7 Å². The molecule has 4 heteroatoms. The van der Waals surface area contributed by atoms with Crippen LogP contribution in [0.4, 0.5) is 0 Å². The zero-order valence-electron chi connectivity index (χ0n) is 11.7. The van der Waals surface area contributed by atoms with Gasteiger partial charge in [-0.1, -0.05) is 51.8 Å². The van der Waals surface area contributed by atoms with E-state index in [4.69, 9.17) is 0 Å². The maximum absolute atomic E-state index is 11.6. The molecule has 0 heterocycles. The molecule has 0 N–H and O–H groups in total. The van der Waals surface area contributed by atoms with E-state index in [0.717, 1.165) is 11.1 Å². The van der Waals surface area contributed by atoms with Crippen LogP contribution in [0.15, 0.2) is 47.4 Å². The highest BCUT2D eigenvalue weighted by atomic mass is 79.9. The van der Waals surface area contributed by atoms with Gasteiger partial charge in [0, 0.05) is 6.26 Å². The quantitative estimate of drug-likeness (QED) is 0.776. The molecule has 0 radical (unpaired) electrons. The molecule has 0 fully saturated rings. The number of alkyl halides is 1. The summed E-state index contributed by atoms with van der Waals surface area (Å²) in [5, 5.41) is 0. The second-order valence-corrected chi connectivity index (χ2v) is 8.00. The third kappa shape index (κ3) is 3.30. The second kappa shape index (κ2) is 5.70. The van der Waals surface area contributed by atoms with Crippen molar-refractivity contribution in [3.8, 4) is 0 Å². The Hall–Kier alpha value is -1.13. The first-order valence-corrected chi connectivity index (χ1v) is 9.11. The molecule has 1 atom stereocenters. The fourth-order valence-electron chi connectivity index (χ4n) is 2.12. The van der Waals surface area contributed by atoms with E-state index >= 15 is 0 Å². The van der Waals surface area contributed by atoms with Crippen molar-refractivity contribution in [1.29, 1.82) is 0 Å². The van der Waals surface area contributed by atoms with E-state index in [9.17, 15) is 8.42 Å². The van der Waals surface area contributed by atoms with Crippen LogP contribution in [0.5, 0.6) is 0 Å². The number of benzene rings is 2. The third-order valence-corrected chi connectivity index (χ3v) is 5.42. The Morgan fingerprint density at radius 3 is 2.40 bits per heavy atom.